The molecule has 4 aliphatic rings. The molecule has 2 unspecified atom stereocenters. The first-order chi connectivity index (χ1) is 21.6. The van der Waals surface area contributed by atoms with Crippen LogP contribution >= 0.6 is 0 Å². The maximum absolute atomic E-state index is 13.1. The largest absolute Gasteiger partial charge is 0.497 e. The lowest BCUT2D eigenvalue weighted by Crippen LogP contribution is -2.40. The number of nitrogens with zero attached hydrogens (tertiary/aromatic N) is 4. The van der Waals surface area contributed by atoms with Gasteiger partial charge in [0.15, 0.2) is 0 Å². The summed E-state index contributed by atoms with van der Waals surface area (Å²) in [6.07, 6.45) is 11.9. The summed E-state index contributed by atoms with van der Waals surface area (Å²) in [5.74, 6) is 1.40. The third-order valence-corrected chi connectivity index (χ3v) is 9.12. The molecule has 4 atom stereocenters. The van der Waals surface area contributed by atoms with Gasteiger partial charge in [0, 0.05) is 50.9 Å². The third kappa shape index (κ3) is 6.37. The second-order valence-corrected chi connectivity index (χ2v) is 11.8. The lowest BCUT2D eigenvalue weighted by Gasteiger charge is -2.23. The topological polar surface area (TPSA) is 102 Å². The smallest absolute Gasteiger partial charge is 0.256 e. The lowest BCUT2D eigenvalue weighted by atomic mass is 10.1. The molecule has 6 rings (SSSR count). The Hall–Kier alpha value is -3.76. The van der Waals surface area contributed by atoms with Crippen LogP contribution in [-0.4, -0.2) is 98.9 Å². The standard InChI is InChI=1S/C34H42N4O6/c1-41-23-9-11-25-27(19-23)35-21-29-31(13-15-37(29)33(25)39)43-17-7-5-3-4-6-8-18-44-32-14-16-38-30(32)22-36-28-20-24(42-2)10-12-26(28)34(38)40/h9-12,19-22,29-32H,3-8,13-18H2,1-2H3/t29-,30-,31?,32?/m0/s1. The molecule has 0 radical (unpaired) electrons. The Morgan fingerprint density at radius 3 is 1.52 bits per heavy atom. The summed E-state index contributed by atoms with van der Waals surface area (Å²) in [6, 6.07) is 10.6. The number of hydrogen-bond donors (Lipinski definition) is 0. The van der Waals surface area contributed by atoms with Crippen LogP contribution in [0.4, 0.5) is 11.4 Å². The average molecular weight is 603 g/mol. The Morgan fingerprint density at radius 2 is 1.09 bits per heavy atom. The van der Waals surface area contributed by atoms with Crippen LogP contribution in [0.3, 0.4) is 0 Å². The molecule has 2 aromatic carbocycles. The molecule has 0 bridgehead atoms. The highest BCUT2D eigenvalue weighted by Crippen LogP contribution is 2.34. The van der Waals surface area contributed by atoms with Crippen LogP contribution < -0.4 is 9.47 Å². The van der Waals surface area contributed by atoms with E-state index >= 15 is 0 Å². The van der Waals surface area contributed by atoms with Gasteiger partial charge in [-0.25, -0.2) is 0 Å². The van der Waals surface area contributed by atoms with Crippen LogP contribution in [0.1, 0.15) is 72.1 Å². The Balaban J connectivity index is 0.858. The second-order valence-electron chi connectivity index (χ2n) is 11.8. The number of methoxy groups -OCH3 is 2. The molecule has 4 heterocycles. The molecule has 2 amide bonds. The molecule has 0 N–H and O–H groups in total. The minimum atomic E-state index is -0.131. The van der Waals surface area contributed by atoms with Crippen molar-refractivity contribution in [2.45, 2.75) is 75.7 Å². The normalized spacial score (nSPS) is 23.6. The summed E-state index contributed by atoms with van der Waals surface area (Å²) in [5, 5.41) is 0. The van der Waals surface area contributed by atoms with E-state index in [0.717, 1.165) is 51.4 Å². The van der Waals surface area contributed by atoms with E-state index in [1.54, 1.807) is 38.5 Å². The van der Waals surface area contributed by atoms with Crippen LogP contribution in [0.2, 0.25) is 0 Å². The fraction of sp³-hybridized carbons (Fsp3) is 0.529. The molecular weight excluding hydrogens is 560 g/mol. The molecule has 0 spiro atoms. The fourth-order valence-corrected chi connectivity index (χ4v) is 6.62. The Bertz CT molecular complexity index is 1300. The minimum Gasteiger partial charge on any atom is -0.497 e. The number of aliphatic imine (C=N–C) groups is 2. The summed E-state index contributed by atoms with van der Waals surface area (Å²) in [7, 11) is 3.22. The van der Waals surface area contributed by atoms with Gasteiger partial charge >= 0.3 is 0 Å². The van der Waals surface area contributed by atoms with Gasteiger partial charge in [0.25, 0.3) is 11.8 Å². The first-order valence-electron chi connectivity index (χ1n) is 15.9. The van der Waals surface area contributed by atoms with Gasteiger partial charge in [0.1, 0.15) is 11.5 Å². The van der Waals surface area contributed by atoms with Crippen LogP contribution in [-0.2, 0) is 9.47 Å². The maximum Gasteiger partial charge on any atom is 0.256 e. The number of carbonyl (C=O) groups excluding carboxylic acids is 2. The zero-order chi connectivity index (χ0) is 30.5. The third-order valence-electron chi connectivity index (χ3n) is 9.12. The van der Waals surface area contributed by atoms with E-state index in [4.69, 9.17) is 18.9 Å². The van der Waals surface area contributed by atoms with E-state index in [1.807, 2.05) is 34.4 Å². The molecule has 0 aliphatic carbocycles. The first-order valence-corrected chi connectivity index (χ1v) is 15.9. The van der Waals surface area contributed by atoms with Gasteiger partial charge in [-0.3, -0.25) is 19.6 Å². The van der Waals surface area contributed by atoms with Crippen LogP contribution in [0.15, 0.2) is 46.4 Å². The Morgan fingerprint density at radius 1 is 0.659 bits per heavy atom. The predicted molar refractivity (Wildman–Crippen MR) is 168 cm³/mol. The summed E-state index contributed by atoms with van der Waals surface area (Å²) < 4.78 is 23.1. The van der Waals surface area contributed by atoms with Gasteiger partial charge < -0.3 is 28.7 Å². The number of fused-ring (bicyclic) bond motifs is 4. The molecule has 2 fully saturated rings. The Kier molecular flexibility index (Phi) is 9.57. The van der Waals surface area contributed by atoms with E-state index < -0.39 is 0 Å². The van der Waals surface area contributed by atoms with Crippen molar-refractivity contribution in [2.75, 3.05) is 40.5 Å². The predicted octanol–water partition coefficient (Wildman–Crippen LogP) is 5.38. The van der Waals surface area contributed by atoms with Gasteiger partial charge in [-0.1, -0.05) is 25.7 Å². The molecule has 10 heteroatoms. The molecule has 0 aromatic heterocycles. The minimum absolute atomic E-state index is 0.00737. The highest BCUT2D eigenvalue weighted by Gasteiger charge is 2.40. The lowest BCUT2D eigenvalue weighted by molar-refractivity contribution is 0.0392. The van der Waals surface area contributed by atoms with Crippen molar-refractivity contribution in [1.82, 2.24) is 9.80 Å². The monoisotopic (exact) mass is 602 g/mol. The summed E-state index contributed by atoms with van der Waals surface area (Å²) >= 11 is 0. The van der Waals surface area contributed by atoms with Gasteiger partial charge in [-0.15, -0.1) is 0 Å². The van der Waals surface area contributed by atoms with Gasteiger partial charge in [-0.2, -0.15) is 0 Å². The number of unbranched alkanes of at least 4 members (excludes halogenated alkanes) is 5. The highest BCUT2D eigenvalue weighted by molar-refractivity contribution is 6.04. The van der Waals surface area contributed by atoms with Gasteiger partial charge in [0.2, 0.25) is 0 Å². The Labute approximate surface area is 259 Å². The molecule has 4 aliphatic heterocycles. The van der Waals surface area contributed by atoms with Crippen LogP contribution in [0.25, 0.3) is 0 Å². The van der Waals surface area contributed by atoms with Crippen LogP contribution in [0, 0.1) is 0 Å². The van der Waals surface area contributed by atoms with E-state index in [0.29, 0.717) is 60.3 Å². The number of rotatable bonds is 13. The SMILES string of the molecule is COc1ccc2c(c1)N=C[C@H]1C(OCCCCCCCCOC3CCN4C(=O)c5ccc(OC)cc5N=C[C@@H]34)CCN1C2=O. The molecule has 2 aromatic rings. The quantitative estimate of drug-likeness (QED) is 0.286. The van der Waals surface area contributed by atoms with E-state index in [-0.39, 0.29) is 36.1 Å². The van der Waals surface area contributed by atoms with Crippen molar-refractivity contribution in [1.29, 1.82) is 0 Å². The van der Waals surface area contributed by atoms with Crippen molar-refractivity contribution >= 4 is 35.6 Å². The fourth-order valence-electron chi connectivity index (χ4n) is 6.62. The second kappa shape index (κ2) is 13.9. The highest BCUT2D eigenvalue weighted by atomic mass is 16.5. The first kappa shape index (κ1) is 30.3. The number of hydrogen-bond acceptors (Lipinski definition) is 8. The number of ether oxygens (including phenoxy) is 4. The molecule has 44 heavy (non-hydrogen) atoms. The van der Waals surface area contributed by atoms with Crippen LogP contribution in [0.5, 0.6) is 11.5 Å². The van der Waals surface area contributed by atoms with Crippen molar-refractivity contribution in [3.05, 3.63) is 47.5 Å². The summed E-state index contributed by atoms with van der Waals surface area (Å²) in [6.45, 7) is 2.74. The maximum atomic E-state index is 13.1. The van der Waals surface area contributed by atoms with Crippen molar-refractivity contribution in [3.63, 3.8) is 0 Å². The van der Waals surface area contributed by atoms with Gasteiger partial charge in [-0.05, 0) is 49.9 Å². The van der Waals surface area contributed by atoms with Crippen molar-refractivity contribution in [3.8, 4) is 11.5 Å². The number of benzene rings is 2. The summed E-state index contributed by atoms with van der Waals surface area (Å²) in [5.41, 5.74) is 2.53. The average Bonchev–Trinajstić information content (AvgIpc) is 3.58. The molecule has 2 saturated heterocycles. The van der Waals surface area contributed by atoms with E-state index in [2.05, 4.69) is 9.98 Å². The van der Waals surface area contributed by atoms with Crippen molar-refractivity contribution in [2.24, 2.45) is 9.98 Å². The van der Waals surface area contributed by atoms with Crippen molar-refractivity contribution < 1.29 is 28.5 Å². The summed E-state index contributed by atoms with van der Waals surface area (Å²) in [4.78, 5) is 39.2. The number of amides is 2. The molecule has 10 nitrogen and oxygen atoms in total. The molecule has 0 saturated carbocycles. The zero-order valence-electron chi connectivity index (χ0n) is 25.7. The molecule has 234 valence electrons. The van der Waals surface area contributed by atoms with E-state index in [1.165, 1.54) is 0 Å². The molecular formula is C34H42N4O6. The van der Waals surface area contributed by atoms with E-state index in [9.17, 15) is 9.59 Å². The zero-order valence-corrected chi connectivity index (χ0v) is 25.7. The number of carbonyl (C=O) groups is 2. The van der Waals surface area contributed by atoms with Gasteiger partial charge in [0.05, 0.1) is 61.0 Å².